The number of benzene rings is 1. The van der Waals surface area contributed by atoms with Crippen molar-refractivity contribution in [2.45, 2.75) is 44.3 Å². The monoisotopic (exact) mass is 305 g/mol. The summed E-state index contributed by atoms with van der Waals surface area (Å²) in [6, 6.07) is 10.3. The molecule has 0 spiro atoms. The zero-order valence-electron chi connectivity index (χ0n) is 13.2. The smallest absolute Gasteiger partial charge is 0.253 e. The number of amides is 1. The summed E-state index contributed by atoms with van der Waals surface area (Å²) in [5.74, 6) is -0.493. The molecule has 5 nitrogen and oxygen atoms in total. The maximum atomic E-state index is 11.9. The Morgan fingerprint density at radius 1 is 1.23 bits per heavy atom. The molecule has 0 N–H and O–H groups in total. The van der Waals surface area contributed by atoms with Gasteiger partial charge in [0.2, 0.25) is 0 Å². The average Bonchev–Trinajstić information content (AvgIpc) is 3.31. The Bertz CT molecular complexity index is 503. The number of ketones is 1. The number of aryl methyl sites for hydroxylation is 1. The zero-order valence-corrected chi connectivity index (χ0v) is 13.2. The van der Waals surface area contributed by atoms with Crippen LogP contribution in [-0.2, 0) is 25.6 Å². The molecular formula is C17H23NO4. The molecule has 1 amide bonds. The number of rotatable bonds is 9. The normalized spacial score (nSPS) is 19.7. The first-order valence-corrected chi connectivity index (χ1v) is 7.64. The molecule has 120 valence electrons. The van der Waals surface area contributed by atoms with Crippen LogP contribution in [0.4, 0.5) is 0 Å². The van der Waals surface area contributed by atoms with E-state index in [1.165, 1.54) is 19.7 Å². The molecule has 0 radical (unpaired) electrons. The third-order valence-corrected chi connectivity index (χ3v) is 3.90. The number of hydrogen-bond acceptors (Lipinski definition) is 4. The molecule has 1 saturated heterocycles. The maximum absolute atomic E-state index is 11.9. The van der Waals surface area contributed by atoms with Crippen LogP contribution in [-0.4, -0.2) is 43.1 Å². The highest BCUT2D eigenvalue weighted by Crippen LogP contribution is 2.29. The second-order valence-corrected chi connectivity index (χ2v) is 5.54. The van der Waals surface area contributed by atoms with Crippen LogP contribution in [0.3, 0.4) is 0 Å². The lowest BCUT2D eigenvalue weighted by molar-refractivity contribution is -0.169. The van der Waals surface area contributed by atoms with Crippen molar-refractivity contribution in [3.8, 4) is 0 Å². The number of nitrogens with zero attached hydrogens (tertiary/aromatic N) is 1. The first-order chi connectivity index (χ1) is 10.6. The van der Waals surface area contributed by atoms with E-state index in [4.69, 9.17) is 9.57 Å². The molecule has 0 bridgehead atoms. The lowest BCUT2D eigenvalue weighted by atomic mass is 10.0. The Morgan fingerprint density at radius 2 is 1.95 bits per heavy atom. The zero-order chi connectivity index (χ0) is 15.9. The molecular weight excluding hydrogens is 282 g/mol. The number of ether oxygens (including phenoxy) is 1. The van der Waals surface area contributed by atoms with E-state index in [2.05, 4.69) is 12.1 Å². The van der Waals surface area contributed by atoms with Crippen LogP contribution in [0.2, 0.25) is 0 Å². The van der Waals surface area contributed by atoms with Gasteiger partial charge in [-0.15, -0.1) is 0 Å². The van der Waals surface area contributed by atoms with Gasteiger partial charge >= 0.3 is 0 Å². The Morgan fingerprint density at radius 3 is 2.64 bits per heavy atom. The molecule has 5 heteroatoms. The highest BCUT2D eigenvalue weighted by Gasteiger charge is 2.44. The van der Waals surface area contributed by atoms with Crippen molar-refractivity contribution < 1.29 is 19.2 Å². The summed E-state index contributed by atoms with van der Waals surface area (Å²) in [6.45, 7) is 0. The molecule has 0 aliphatic carbocycles. The van der Waals surface area contributed by atoms with Crippen molar-refractivity contribution >= 4 is 11.7 Å². The second-order valence-electron chi connectivity index (χ2n) is 5.54. The molecule has 22 heavy (non-hydrogen) atoms. The Kier molecular flexibility index (Phi) is 6.10. The van der Waals surface area contributed by atoms with Gasteiger partial charge < -0.3 is 4.74 Å². The SMILES string of the molecule is CON(C)C(=O)CC(=O)[C@@H]1O[C@H]1CCCCc1ccccc1. The summed E-state index contributed by atoms with van der Waals surface area (Å²) >= 11 is 0. The van der Waals surface area contributed by atoms with Crippen LogP contribution in [0.5, 0.6) is 0 Å². The van der Waals surface area contributed by atoms with Crippen molar-refractivity contribution in [2.75, 3.05) is 14.2 Å². The van der Waals surface area contributed by atoms with Gasteiger partial charge in [-0.3, -0.25) is 14.4 Å². The van der Waals surface area contributed by atoms with E-state index >= 15 is 0 Å². The van der Waals surface area contributed by atoms with E-state index in [0.717, 1.165) is 30.7 Å². The Labute approximate surface area is 131 Å². The van der Waals surface area contributed by atoms with Gasteiger partial charge in [0.05, 0.1) is 19.6 Å². The number of hydrogen-bond donors (Lipinski definition) is 0. The molecule has 1 heterocycles. The minimum Gasteiger partial charge on any atom is -0.361 e. The van der Waals surface area contributed by atoms with Gasteiger partial charge in [-0.2, -0.15) is 0 Å². The summed E-state index contributed by atoms with van der Waals surface area (Å²) < 4.78 is 5.38. The number of epoxide rings is 1. The fourth-order valence-corrected chi connectivity index (χ4v) is 2.43. The standard InChI is InChI=1S/C17H23NO4/c1-18(21-2)16(20)12-14(19)17-15(22-17)11-7-6-10-13-8-4-3-5-9-13/h3-5,8-9,15,17H,6-7,10-12H2,1-2H3/t15-,17-/m0/s1. The van der Waals surface area contributed by atoms with Gasteiger partial charge in [0, 0.05) is 7.05 Å². The van der Waals surface area contributed by atoms with Crippen molar-refractivity contribution in [1.82, 2.24) is 5.06 Å². The molecule has 1 aromatic carbocycles. The quantitative estimate of drug-likeness (QED) is 0.303. The van der Waals surface area contributed by atoms with E-state index in [0.29, 0.717) is 0 Å². The number of hydroxylamine groups is 2. The van der Waals surface area contributed by atoms with Gasteiger partial charge in [-0.25, -0.2) is 5.06 Å². The van der Waals surface area contributed by atoms with E-state index in [1.54, 1.807) is 0 Å². The van der Waals surface area contributed by atoms with E-state index < -0.39 is 6.10 Å². The third kappa shape index (κ3) is 4.93. The van der Waals surface area contributed by atoms with Crippen LogP contribution < -0.4 is 0 Å². The van der Waals surface area contributed by atoms with Crippen molar-refractivity contribution in [3.05, 3.63) is 35.9 Å². The minimum atomic E-state index is -0.397. The Hall–Kier alpha value is -1.72. The predicted molar refractivity (Wildman–Crippen MR) is 82.1 cm³/mol. The second kappa shape index (κ2) is 8.06. The number of Topliss-reactive ketones (excluding diaryl/α,β-unsaturated/α-hetero) is 1. The highest BCUT2D eigenvalue weighted by atomic mass is 16.7. The van der Waals surface area contributed by atoms with Crippen molar-refractivity contribution in [2.24, 2.45) is 0 Å². The molecule has 1 aromatic rings. The fourth-order valence-electron chi connectivity index (χ4n) is 2.43. The predicted octanol–water partition coefficient (Wildman–Crippen LogP) is 2.15. The molecule has 0 unspecified atom stereocenters. The molecule has 0 saturated carbocycles. The lowest BCUT2D eigenvalue weighted by Crippen LogP contribution is -2.29. The lowest BCUT2D eigenvalue weighted by Gasteiger charge is -2.12. The van der Waals surface area contributed by atoms with E-state index in [-0.39, 0.29) is 24.2 Å². The van der Waals surface area contributed by atoms with Gasteiger partial charge in [0.25, 0.3) is 5.91 Å². The van der Waals surface area contributed by atoms with Crippen molar-refractivity contribution in [1.29, 1.82) is 0 Å². The first kappa shape index (κ1) is 16.6. The summed E-state index contributed by atoms with van der Waals surface area (Å²) in [5.41, 5.74) is 1.33. The van der Waals surface area contributed by atoms with E-state index in [9.17, 15) is 9.59 Å². The maximum Gasteiger partial charge on any atom is 0.253 e. The first-order valence-electron chi connectivity index (χ1n) is 7.64. The molecule has 1 aliphatic heterocycles. The Balaban J connectivity index is 1.60. The van der Waals surface area contributed by atoms with Crippen LogP contribution >= 0.6 is 0 Å². The van der Waals surface area contributed by atoms with Gasteiger partial charge in [0.15, 0.2) is 5.78 Å². The molecule has 1 fully saturated rings. The van der Waals surface area contributed by atoms with Crippen LogP contribution in [0, 0.1) is 0 Å². The minimum absolute atomic E-state index is 0.0103. The highest BCUT2D eigenvalue weighted by molar-refractivity contribution is 6.01. The fraction of sp³-hybridized carbons (Fsp3) is 0.529. The van der Waals surface area contributed by atoms with Gasteiger partial charge in [-0.1, -0.05) is 36.8 Å². The van der Waals surface area contributed by atoms with Crippen LogP contribution in [0.25, 0.3) is 0 Å². The topological polar surface area (TPSA) is 59.1 Å². The summed E-state index contributed by atoms with van der Waals surface area (Å²) in [5, 5.41) is 1.06. The van der Waals surface area contributed by atoms with Crippen LogP contribution in [0.15, 0.2) is 30.3 Å². The number of unbranched alkanes of at least 4 members (excludes halogenated alkanes) is 1. The number of carbonyl (C=O) groups excluding carboxylic acids is 2. The molecule has 2 atom stereocenters. The van der Waals surface area contributed by atoms with E-state index in [1.807, 2.05) is 18.2 Å². The van der Waals surface area contributed by atoms with Gasteiger partial charge in [-0.05, 0) is 24.8 Å². The molecule has 1 aliphatic rings. The van der Waals surface area contributed by atoms with Crippen LogP contribution in [0.1, 0.15) is 31.2 Å². The third-order valence-electron chi connectivity index (χ3n) is 3.90. The summed E-state index contributed by atoms with van der Waals surface area (Å²) in [7, 11) is 2.88. The molecule has 0 aromatic heterocycles. The molecule has 2 rings (SSSR count). The van der Waals surface area contributed by atoms with Gasteiger partial charge in [0.1, 0.15) is 6.10 Å². The largest absolute Gasteiger partial charge is 0.361 e. The average molecular weight is 305 g/mol. The summed E-state index contributed by atoms with van der Waals surface area (Å²) in [6.07, 6.45) is 3.46. The van der Waals surface area contributed by atoms with Crippen molar-refractivity contribution in [3.63, 3.8) is 0 Å². The number of carbonyl (C=O) groups is 2. The summed E-state index contributed by atoms with van der Waals surface area (Å²) in [4.78, 5) is 28.2.